The number of piperidine rings is 4. The van der Waals surface area contributed by atoms with Crippen molar-refractivity contribution in [2.45, 2.75) is 109 Å². The fourth-order valence-electron chi connectivity index (χ4n) is 8.60. The van der Waals surface area contributed by atoms with E-state index in [1.807, 2.05) is 6.07 Å². The summed E-state index contributed by atoms with van der Waals surface area (Å²) >= 11 is 0. The number of hydrogen-bond donors (Lipinski definition) is 0. The highest BCUT2D eigenvalue weighted by molar-refractivity contribution is 6.06. The number of ether oxygens (including phenoxy) is 2. The molecule has 0 spiro atoms. The molecule has 6 nitrogen and oxygen atoms in total. The number of rotatable bonds is 6. The van der Waals surface area contributed by atoms with Crippen molar-refractivity contribution in [1.29, 1.82) is 0 Å². The first-order valence-corrected chi connectivity index (χ1v) is 16.5. The molecule has 6 heteroatoms. The maximum atomic E-state index is 6.02. The number of fused-ring (bicyclic) bond motifs is 6. The molecule has 6 aliphatic rings. The third-order valence-corrected chi connectivity index (χ3v) is 10.8. The van der Waals surface area contributed by atoms with Crippen LogP contribution >= 0.6 is 0 Å². The zero-order valence-electron chi connectivity index (χ0n) is 25.3. The van der Waals surface area contributed by atoms with Crippen molar-refractivity contribution in [3.63, 3.8) is 0 Å². The molecule has 220 valence electrons. The second kappa shape index (κ2) is 12.5. The van der Waals surface area contributed by atoms with E-state index in [2.05, 4.69) is 59.8 Å². The second-order valence-electron chi connectivity index (χ2n) is 13.3. The molecule has 7 rings (SSSR count). The van der Waals surface area contributed by atoms with Crippen LogP contribution in [0.25, 0.3) is 0 Å². The van der Waals surface area contributed by atoms with Crippen molar-refractivity contribution in [1.82, 2.24) is 9.80 Å². The zero-order valence-corrected chi connectivity index (χ0v) is 25.3. The molecule has 6 heterocycles. The van der Waals surface area contributed by atoms with E-state index in [9.17, 15) is 0 Å². The van der Waals surface area contributed by atoms with Gasteiger partial charge in [-0.3, -0.25) is 9.80 Å². The molecule has 40 heavy (non-hydrogen) atoms. The topological polar surface area (TPSA) is 49.7 Å². The maximum Gasteiger partial charge on any atom is 0.199 e. The molecule has 0 amide bonds. The molecule has 2 bridgehead atoms. The lowest BCUT2D eigenvalue weighted by atomic mass is 9.71. The normalized spacial score (nSPS) is 33.9. The minimum Gasteiger partial charge on any atom is -0.478 e. The zero-order chi connectivity index (χ0) is 27.5. The number of nitrogens with zero attached hydrogens (tertiary/aromatic N) is 4. The van der Waals surface area contributed by atoms with E-state index in [1.165, 1.54) is 70.3 Å². The number of hydrogen-bond acceptors (Lipinski definition) is 6. The first-order valence-electron chi connectivity index (χ1n) is 16.5. The minimum absolute atomic E-state index is 0.185. The standard InChI is InChI=1S/C19H26N2O2.C15H26N2/c1-4-19(5-2,17-20-14(3)12-22-17)18-21-16(13-23-18)11-15-9-7-6-8-10-15;1-3-7-16-11-13-9-12(14(16)5-1)10-17-8-4-2-6-15(13)17/h6-10,14,16H,4-5,11-13H2,1-3H3;12-15H,1-11H2/t14-,16-;12-,13?,14-,15?/m00/s1. The summed E-state index contributed by atoms with van der Waals surface area (Å²) in [6.45, 7) is 13.4. The van der Waals surface area contributed by atoms with E-state index in [0.29, 0.717) is 13.2 Å². The minimum atomic E-state index is -0.295. The van der Waals surface area contributed by atoms with Crippen molar-refractivity contribution < 1.29 is 9.47 Å². The smallest absolute Gasteiger partial charge is 0.199 e. The average molecular weight is 549 g/mol. The highest BCUT2D eigenvalue weighted by Gasteiger charge is 2.47. The Morgan fingerprint density at radius 3 is 1.98 bits per heavy atom. The van der Waals surface area contributed by atoms with Gasteiger partial charge in [0.1, 0.15) is 18.6 Å². The molecule has 6 atom stereocenters. The summed E-state index contributed by atoms with van der Waals surface area (Å²) in [4.78, 5) is 15.3. The van der Waals surface area contributed by atoms with Gasteiger partial charge in [-0.05, 0) is 88.8 Å². The predicted octanol–water partition coefficient (Wildman–Crippen LogP) is 6.00. The van der Waals surface area contributed by atoms with Crippen LogP contribution in [0.4, 0.5) is 0 Å². The molecule has 0 saturated carbocycles. The highest BCUT2D eigenvalue weighted by atomic mass is 16.5. The predicted molar refractivity (Wildman–Crippen MR) is 163 cm³/mol. The third-order valence-electron chi connectivity index (χ3n) is 10.8. The van der Waals surface area contributed by atoms with Crippen LogP contribution in [0.1, 0.15) is 84.1 Å². The summed E-state index contributed by atoms with van der Waals surface area (Å²) in [6.07, 6.45) is 13.2. The van der Waals surface area contributed by atoms with Crippen molar-refractivity contribution >= 4 is 11.8 Å². The molecular formula is C34H52N4O2. The van der Waals surface area contributed by atoms with Crippen LogP contribution in [0.5, 0.6) is 0 Å². The summed E-state index contributed by atoms with van der Waals surface area (Å²) in [6, 6.07) is 12.8. The van der Waals surface area contributed by atoms with Gasteiger partial charge in [-0.25, -0.2) is 9.98 Å². The summed E-state index contributed by atoms with van der Waals surface area (Å²) in [5.41, 5.74) is 1.00. The number of aliphatic imine (C=N–C) groups is 2. The van der Waals surface area contributed by atoms with Crippen LogP contribution in [0, 0.1) is 17.3 Å². The summed E-state index contributed by atoms with van der Waals surface area (Å²) in [7, 11) is 0. The Kier molecular flexibility index (Phi) is 8.83. The molecule has 0 radical (unpaired) electrons. The van der Waals surface area contributed by atoms with Crippen molar-refractivity contribution in [2.24, 2.45) is 27.2 Å². The van der Waals surface area contributed by atoms with Gasteiger partial charge >= 0.3 is 0 Å². The van der Waals surface area contributed by atoms with E-state index < -0.39 is 0 Å². The summed E-state index contributed by atoms with van der Waals surface area (Å²) in [5, 5.41) is 0. The monoisotopic (exact) mass is 548 g/mol. The van der Waals surface area contributed by atoms with Gasteiger partial charge < -0.3 is 9.47 Å². The van der Waals surface area contributed by atoms with Crippen LogP contribution < -0.4 is 0 Å². The van der Waals surface area contributed by atoms with Gasteiger partial charge in [-0.2, -0.15) is 0 Å². The van der Waals surface area contributed by atoms with Crippen LogP contribution in [0.15, 0.2) is 40.3 Å². The Morgan fingerprint density at radius 1 is 0.800 bits per heavy atom. The molecule has 1 aromatic carbocycles. The van der Waals surface area contributed by atoms with E-state index in [0.717, 1.165) is 55.0 Å². The average Bonchev–Trinajstić information content (AvgIpc) is 3.65. The molecule has 6 aliphatic heterocycles. The molecule has 4 saturated heterocycles. The molecule has 0 aliphatic carbocycles. The molecule has 2 unspecified atom stereocenters. The van der Waals surface area contributed by atoms with Crippen molar-refractivity contribution in [2.75, 3.05) is 39.4 Å². The molecule has 4 fully saturated rings. The Labute approximate surface area is 242 Å². The molecule has 0 N–H and O–H groups in total. The van der Waals surface area contributed by atoms with Crippen LogP contribution in [-0.2, 0) is 15.9 Å². The summed E-state index contributed by atoms with van der Waals surface area (Å²) in [5.74, 6) is 3.66. The van der Waals surface area contributed by atoms with Gasteiger partial charge in [0.05, 0.1) is 12.1 Å². The Hall–Kier alpha value is -1.92. The van der Waals surface area contributed by atoms with E-state index in [-0.39, 0.29) is 17.5 Å². The Morgan fingerprint density at radius 2 is 1.40 bits per heavy atom. The molecular weight excluding hydrogens is 496 g/mol. The van der Waals surface area contributed by atoms with Gasteiger partial charge in [0, 0.05) is 25.2 Å². The Bertz CT molecular complexity index is 1010. The fraction of sp³-hybridized carbons (Fsp3) is 0.765. The van der Waals surface area contributed by atoms with Gasteiger partial charge in [-0.1, -0.05) is 57.0 Å². The lowest BCUT2D eigenvalue weighted by molar-refractivity contribution is -0.0718. The Balaban J connectivity index is 0.000000150. The van der Waals surface area contributed by atoms with E-state index in [1.54, 1.807) is 6.42 Å². The fourth-order valence-corrected chi connectivity index (χ4v) is 8.60. The van der Waals surface area contributed by atoms with Crippen LogP contribution in [-0.4, -0.2) is 85.2 Å². The second-order valence-corrected chi connectivity index (χ2v) is 13.3. The van der Waals surface area contributed by atoms with Gasteiger partial charge in [0.15, 0.2) is 11.8 Å². The third kappa shape index (κ3) is 5.72. The van der Waals surface area contributed by atoms with Gasteiger partial charge in [0.25, 0.3) is 0 Å². The largest absolute Gasteiger partial charge is 0.478 e. The van der Waals surface area contributed by atoms with Gasteiger partial charge in [0.2, 0.25) is 0 Å². The number of benzene rings is 1. The lowest BCUT2D eigenvalue weighted by Crippen LogP contribution is -2.63. The lowest BCUT2D eigenvalue weighted by Gasteiger charge is -2.57. The van der Waals surface area contributed by atoms with Gasteiger partial charge in [-0.15, -0.1) is 0 Å². The highest BCUT2D eigenvalue weighted by Crippen LogP contribution is 2.42. The molecule has 1 aromatic rings. The molecule has 0 aromatic heterocycles. The van der Waals surface area contributed by atoms with Crippen molar-refractivity contribution in [3.8, 4) is 0 Å². The first-order chi connectivity index (χ1) is 19.6. The van der Waals surface area contributed by atoms with Crippen LogP contribution in [0.2, 0.25) is 0 Å². The van der Waals surface area contributed by atoms with Crippen LogP contribution in [0.3, 0.4) is 0 Å². The maximum absolute atomic E-state index is 6.02. The SMILES string of the molecule is C1CCN2C[C@@H]3CC(CN4CCCC[C@@H]34)C2C1.CCC(CC)(C1=N[C@@H](Cc2ccccc2)CO1)C1=N[C@@H](C)CO1. The first kappa shape index (κ1) is 28.2. The quantitative estimate of drug-likeness (QED) is 0.438. The van der Waals surface area contributed by atoms with E-state index in [4.69, 9.17) is 14.5 Å². The van der Waals surface area contributed by atoms with Crippen molar-refractivity contribution in [3.05, 3.63) is 35.9 Å². The van der Waals surface area contributed by atoms with E-state index >= 15 is 0 Å². The summed E-state index contributed by atoms with van der Waals surface area (Å²) < 4.78 is 11.9.